The normalized spacial score (nSPS) is 17.1. The summed E-state index contributed by atoms with van der Waals surface area (Å²) in [7, 11) is 1.65. The molecule has 0 aromatic carbocycles. The van der Waals surface area contributed by atoms with Gasteiger partial charge in [-0.15, -0.1) is 0 Å². The first-order valence-corrected chi connectivity index (χ1v) is 10.7. The Morgan fingerprint density at radius 3 is 2.48 bits per heavy atom. The summed E-state index contributed by atoms with van der Waals surface area (Å²) in [4.78, 5) is 17.6. The quantitative estimate of drug-likeness (QED) is 0.520. The summed E-state index contributed by atoms with van der Waals surface area (Å²) in [5, 5.41) is 0. The van der Waals surface area contributed by atoms with Crippen LogP contribution in [0.2, 0.25) is 0 Å². The molecule has 0 N–H and O–H groups in total. The topological polar surface area (TPSA) is 70.0 Å². The molecule has 1 fully saturated rings. The number of ether oxygens (including phenoxy) is 2. The predicted octanol–water partition coefficient (Wildman–Crippen LogP) is 5.27. The molecule has 6 heteroatoms. The zero-order chi connectivity index (χ0) is 22.2. The van der Waals surface area contributed by atoms with Crippen molar-refractivity contribution in [2.45, 2.75) is 40.0 Å². The first-order chi connectivity index (χ1) is 15.1. The Bertz CT molecular complexity index is 1000. The number of aryl methyl sites for hydroxylation is 2. The van der Waals surface area contributed by atoms with Gasteiger partial charge >= 0.3 is 0 Å². The van der Waals surface area contributed by atoms with Gasteiger partial charge in [-0.3, -0.25) is 9.97 Å². The van der Waals surface area contributed by atoms with Crippen LogP contribution < -0.4 is 9.47 Å². The van der Waals surface area contributed by atoms with Crippen LogP contribution in [0.15, 0.2) is 42.9 Å². The van der Waals surface area contributed by atoms with Gasteiger partial charge in [-0.2, -0.15) is 4.98 Å². The lowest BCUT2D eigenvalue weighted by Gasteiger charge is -2.09. The zero-order valence-electron chi connectivity index (χ0n) is 18.9. The summed E-state index contributed by atoms with van der Waals surface area (Å²) in [6.07, 6.45) is 10.4. The Balaban J connectivity index is 0.00000132. The van der Waals surface area contributed by atoms with Gasteiger partial charge in [0, 0.05) is 35.6 Å². The second-order valence-corrected chi connectivity index (χ2v) is 7.28. The molecule has 3 heterocycles. The standard InChI is InChI=1S/C23H24N4O2.C2H6/c1-15-4-5-17(11-24-15)6-7-18-12-25-16(2)27-23(18)29-14-19-10-21(19)22-9-8-20(28-3)13-26-22;1-2/h4-9,11-13,19,21H,10,14H2,1-3H3;1-2H3/b7-6+;/t19?,21-;/m0./s1. The van der Waals surface area contributed by atoms with Gasteiger partial charge in [0.05, 0.1) is 25.5 Å². The molecular formula is C25H30N4O2. The van der Waals surface area contributed by atoms with Crippen molar-refractivity contribution in [3.8, 4) is 11.6 Å². The predicted molar refractivity (Wildman–Crippen MR) is 123 cm³/mol. The Hall–Kier alpha value is -3.28. The van der Waals surface area contributed by atoms with Crippen molar-refractivity contribution in [3.05, 3.63) is 71.2 Å². The highest BCUT2D eigenvalue weighted by Crippen LogP contribution is 2.47. The van der Waals surface area contributed by atoms with E-state index in [4.69, 9.17) is 9.47 Å². The van der Waals surface area contributed by atoms with Crippen molar-refractivity contribution in [3.63, 3.8) is 0 Å². The van der Waals surface area contributed by atoms with Crippen LogP contribution in [0.4, 0.5) is 0 Å². The van der Waals surface area contributed by atoms with Gasteiger partial charge < -0.3 is 9.47 Å². The van der Waals surface area contributed by atoms with Crippen molar-refractivity contribution >= 4 is 12.2 Å². The second-order valence-electron chi connectivity index (χ2n) is 7.28. The average molecular weight is 419 g/mol. The van der Waals surface area contributed by atoms with E-state index in [1.807, 2.05) is 70.3 Å². The summed E-state index contributed by atoms with van der Waals surface area (Å²) >= 11 is 0. The largest absolute Gasteiger partial charge is 0.495 e. The zero-order valence-corrected chi connectivity index (χ0v) is 18.9. The molecule has 31 heavy (non-hydrogen) atoms. The Labute approximate surface area is 184 Å². The third-order valence-electron chi connectivity index (χ3n) is 5.02. The minimum atomic E-state index is 0.432. The van der Waals surface area contributed by atoms with Gasteiger partial charge in [-0.05, 0) is 50.1 Å². The summed E-state index contributed by atoms with van der Waals surface area (Å²) in [5.74, 6) is 2.96. The number of nitrogens with zero attached hydrogens (tertiary/aromatic N) is 4. The van der Waals surface area contributed by atoms with E-state index in [2.05, 4.69) is 19.9 Å². The van der Waals surface area contributed by atoms with Crippen molar-refractivity contribution in [2.75, 3.05) is 13.7 Å². The highest BCUT2D eigenvalue weighted by molar-refractivity contribution is 5.71. The maximum Gasteiger partial charge on any atom is 0.224 e. The average Bonchev–Trinajstić information content (AvgIpc) is 3.59. The van der Waals surface area contributed by atoms with Crippen LogP contribution in [0.25, 0.3) is 12.2 Å². The van der Waals surface area contributed by atoms with Crippen LogP contribution in [0.1, 0.15) is 54.5 Å². The van der Waals surface area contributed by atoms with Gasteiger partial charge in [0.2, 0.25) is 5.88 Å². The van der Waals surface area contributed by atoms with Crippen LogP contribution >= 0.6 is 0 Å². The van der Waals surface area contributed by atoms with Crippen LogP contribution in [-0.4, -0.2) is 33.7 Å². The van der Waals surface area contributed by atoms with Gasteiger partial charge in [0.25, 0.3) is 0 Å². The molecule has 0 spiro atoms. The number of methoxy groups -OCH3 is 1. The molecular weight excluding hydrogens is 388 g/mol. The van der Waals surface area contributed by atoms with E-state index in [1.165, 1.54) is 0 Å². The number of hydrogen-bond donors (Lipinski definition) is 0. The minimum absolute atomic E-state index is 0.432. The fourth-order valence-electron chi connectivity index (χ4n) is 3.16. The SMILES string of the molecule is CC.COc1ccc([C@H]2CC2COc2nc(C)ncc2/C=C/c2ccc(C)nc2)nc1. The van der Waals surface area contributed by atoms with Crippen molar-refractivity contribution in [1.82, 2.24) is 19.9 Å². The minimum Gasteiger partial charge on any atom is -0.495 e. The maximum atomic E-state index is 6.08. The number of hydrogen-bond acceptors (Lipinski definition) is 6. The van der Waals surface area contributed by atoms with E-state index in [-0.39, 0.29) is 0 Å². The van der Waals surface area contributed by atoms with Crippen LogP contribution in [0.5, 0.6) is 11.6 Å². The molecule has 3 aromatic heterocycles. The lowest BCUT2D eigenvalue weighted by Crippen LogP contribution is -2.05. The molecule has 1 unspecified atom stereocenters. The van der Waals surface area contributed by atoms with E-state index in [1.54, 1.807) is 19.5 Å². The monoisotopic (exact) mass is 418 g/mol. The molecule has 2 atom stereocenters. The number of aromatic nitrogens is 4. The molecule has 1 aliphatic rings. The molecule has 6 nitrogen and oxygen atoms in total. The first-order valence-electron chi connectivity index (χ1n) is 10.7. The van der Waals surface area contributed by atoms with Crippen LogP contribution in [0, 0.1) is 19.8 Å². The molecule has 0 saturated heterocycles. The summed E-state index contributed by atoms with van der Waals surface area (Å²) < 4.78 is 11.3. The molecule has 0 aliphatic heterocycles. The summed E-state index contributed by atoms with van der Waals surface area (Å²) in [6, 6.07) is 8.01. The van der Waals surface area contributed by atoms with Crippen molar-refractivity contribution in [2.24, 2.45) is 5.92 Å². The highest BCUT2D eigenvalue weighted by Gasteiger charge is 2.40. The van der Waals surface area contributed by atoms with Gasteiger partial charge in [-0.1, -0.05) is 26.0 Å². The smallest absolute Gasteiger partial charge is 0.224 e. The molecule has 162 valence electrons. The molecule has 3 aromatic rings. The Morgan fingerprint density at radius 2 is 1.81 bits per heavy atom. The number of rotatable bonds is 7. The van der Waals surface area contributed by atoms with Gasteiger partial charge in [0.15, 0.2) is 0 Å². The third kappa shape index (κ3) is 6.10. The molecule has 0 amide bonds. The van der Waals surface area contributed by atoms with Crippen LogP contribution in [0.3, 0.4) is 0 Å². The van der Waals surface area contributed by atoms with Crippen LogP contribution in [-0.2, 0) is 0 Å². The first kappa shape index (κ1) is 22.4. The lowest BCUT2D eigenvalue weighted by molar-refractivity contribution is 0.283. The van der Waals surface area contributed by atoms with Gasteiger partial charge in [0.1, 0.15) is 11.6 Å². The molecule has 0 bridgehead atoms. The molecule has 4 rings (SSSR count). The Kier molecular flexibility index (Phi) is 7.70. The Morgan fingerprint density at radius 1 is 0.968 bits per heavy atom. The van der Waals surface area contributed by atoms with E-state index in [0.29, 0.717) is 30.1 Å². The fourth-order valence-corrected chi connectivity index (χ4v) is 3.16. The summed E-state index contributed by atoms with van der Waals surface area (Å²) in [5.41, 5.74) is 3.96. The van der Waals surface area contributed by atoms with Crippen molar-refractivity contribution in [1.29, 1.82) is 0 Å². The van der Waals surface area contributed by atoms with E-state index in [9.17, 15) is 0 Å². The molecule has 0 radical (unpaired) electrons. The lowest BCUT2D eigenvalue weighted by atomic mass is 10.2. The second kappa shape index (κ2) is 10.7. The number of pyridine rings is 2. The van der Waals surface area contributed by atoms with E-state index >= 15 is 0 Å². The summed E-state index contributed by atoms with van der Waals surface area (Å²) in [6.45, 7) is 8.45. The fraction of sp³-hybridized carbons (Fsp3) is 0.360. The van der Waals surface area contributed by atoms with E-state index < -0.39 is 0 Å². The van der Waals surface area contributed by atoms with E-state index in [0.717, 1.165) is 34.7 Å². The molecule has 1 saturated carbocycles. The maximum absolute atomic E-state index is 6.08. The van der Waals surface area contributed by atoms with Crippen molar-refractivity contribution < 1.29 is 9.47 Å². The third-order valence-corrected chi connectivity index (χ3v) is 5.02. The highest BCUT2D eigenvalue weighted by atomic mass is 16.5. The van der Waals surface area contributed by atoms with Gasteiger partial charge in [-0.25, -0.2) is 4.98 Å². The molecule has 1 aliphatic carbocycles.